The van der Waals surface area contributed by atoms with E-state index in [1.165, 1.54) is 24.3 Å². The van der Waals surface area contributed by atoms with E-state index in [0.717, 1.165) is 0 Å². The van der Waals surface area contributed by atoms with Gasteiger partial charge in [-0.05, 0) is 12.1 Å². The van der Waals surface area contributed by atoms with Crippen molar-refractivity contribution in [3.63, 3.8) is 0 Å². The number of carbonyl (C=O) groups is 3. The van der Waals surface area contributed by atoms with Crippen LogP contribution < -0.4 is 16.2 Å². The number of nitro benzene ring substituents is 1. The van der Waals surface area contributed by atoms with Crippen LogP contribution in [-0.4, -0.2) is 40.1 Å². The fourth-order valence-corrected chi connectivity index (χ4v) is 1.13. The number of esters is 1. The smallest absolute Gasteiger partial charge is 0.475 e. The Bertz CT molecular complexity index is 646. The molecule has 1 aromatic rings. The van der Waals surface area contributed by atoms with E-state index in [9.17, 15) is 32.9 Å². The summed E-state index contributed by atoms with van der Waals surface area (Å²) in [7, 11) is 0. The quantitative estimate of drug-likeness (QED) is 0.289. The maximum atomic E-state index is 11.4. The normalized spacial score (nSPS) is 11.5. The number of nitro groups is 1. The highest BCUT2D eigenvalue weighted by molar-refractivity contribution is 5.85. The summed E-state index contributed by atoms with van der Waals surface area (Å²) in [6, 6.07) is 3.72. The standard InChI is InChI=1S/C10H11N3O5.C2HF3O2/c11-8(5-9(12)14)10(15)18-7-3-1-6(2-4-7)13(16)17;3-2(4,5)1(6)7/h1-4,8H,5,11H2,(H2,12,14);(H,6,7)/t8-;/m0./s1. The highest BCUT2D eigenvalue weighted by atomic mass is 19.4. The fourth-order valence-electron chi connectivity index (χ4n) is 1.13. The highest BCUT2D eigenvalue weighted by Crippen LogP contribution is 2.17. The van der Waals surface area contributed by atoms with Gasteiger partial charge in [-0.1, -0.05) is 0 Å². The Labute approximate surface area is 137 Å². The first-order chi connectivity index (χ1) is 11.3. The van der Waals surface area contributed by atoms with Crippen LogP contribution in [0.5, 0.6) is 5.75 Å². The van der Waals surface area contributed by atoms with Crippen LogP contribution in [0.15, 0.2) is 24.3 Å². The van der Waals surface area contributed by atoms with Gasteiger partial charge in [0.05, 0.1) is 11.3 Å². The van der Waals surface area contributed by atoms with Gasteiger partial charge in [-0.15, -0.1) is 0 Å². The molecule has 0 aromatic heterocycles. The summed E-state index contributed by atoms with van der Waals surface area (Å²) in [6.45, 7) is 0. The molecular weight excluding hydrogens is 355 g/mol. The molecule has 0 aliphatic carbocycles. The lowest BCUT2D eigenvalue weighted by Gasteiger charge is -2.09. The van der Waals surface area contributed by atoms with Crippen LogP contribution in [0.2, 0.25) is 0 Å². The number of benzene rings is 1. The number of aliphatic carboxylic acids is 1. The molecule has 0 spiro atoms. The van der Waals surface area contributed by atoms with Gasteiger partial charge in [0.15, 0.2) is 0 Å². The molecule has 25 heavy (non-hydrogen) atoms. The molecule has 1 rings (SSSR count). The number of amides is 1. The summed E-state index contributed by atoms with van der Waals surface area (Å²) in [6.07, 6.45) is -5.41. The Morgan fingerprint density at radius 1 is 1.24 bits per heavy atom. The predicted octanol–water partition coefficient (Wildman–Crippen LogP) is 0.336. The lowest BCUT2D eigenvalue weighted by molar-refractivity contribution is -0.384. The second-order valence-corrected chi connectivity index (χ2v) is 4.25. The number of non-ortho nitro benzene ring substituents is 1. The van der Waals surface area contributed by atoms with E-state index in [2.05, 4.69) is 0 Å². The lowest BCUT2D eigenvalue weighted by atomic mass is 10.2. The topological polar surface area (TPSA) is 176 Å². The Balaban J connectivity index is 0.000000697. The average molecular weight is 367 g/mol. The van der Waals surface area contributed by atoms with Crippen LogP contribution in [0, 0.1) is 10.1 Å². The molecule has 0 saturated heterocycles. The number of carboxylic acids is 1. The third-order valence-electron chi connectivity index (χ3n) is 2.23. The summed E-state index contributed by atoms with van der Waals surface area (Å²) in [5.41, 5.74) is 10.1. The summed E-state index contributed by atoms with van der Waals surface area (Å²) in [4.78, 5) is 40.6. The van der Waals surface area contributed by atoms with Crippen LogP contribution in [0.1, 0.15) is 6.42 Å². The summed E-state index contributed by atoms with van der Waals surface area (Å²) < 4.78 is 36.6. The summed E-state index contributed by atoms with van der Waals surface area (Å²) >= 11 is 0. The van der Waals surface area contributed by atoms with E-state index in [-0.39, 0.29) is 17.9 Å². The first-order valence-electron chi connectivity index (χ1n) is 6.14. The zero-order valence-electron chi connectivity index (χ0n) is 12.2. The van der Waals surface area contributed by atoms with Gasteiger partial charge in [-0.3, -0.25) is 14.9 Å². The van der Waals surface area contributed by atoms with Crippen molar-refractivity contribution in [2.45, 2.75) is 18.6 Å². The largest absolute Gasteiger partial charge is 0.490 e. The molecule has 0 bridgehead atoms. The van der Waals surface area contributed by atoms with E-state index in [0.29, 0.717) is 0 Å². The van der Waals surface area contributed by atoms with Crippen molar-refractivity contribution >= 4 is 23.5 Å². The van der Waals surface area contributed by atoms with Gasteiger partial charge in [-0.2, -0.15) is 13.2 Å². The molecule has 0 aliphatic rings. The van der Waals surface area contributed by atoms with Crippen molar-refractivity contribution in [2.75, 3.05) is 0 Å². The summed E-state index contributed by atoms with van der Waals surface area (Å²) in [5.74, 6) is -4.20. The zero-order chi connectivity index (χ0) is 19.8. The predicted molar refractivity (Wildman–Crippen MR) is 74.2 cm³/mol. The number of alkyl halides is 3. The minimum atomic E-state index is -5.08. The number of halogens is 3. The molecule has 10 nitrogen and oxygen atoms in total. The van der Waals surface area contributed by atoms with E-state index in [4.69, 9.17) is 26.1 Å². The number of nitrogens with two attached hydrogens (primary N) is 2. The van der Waals surface area contributed by atoms with Crippen LogP contribution in [0.25, 0.3) is 0 Å². The molecule has 0 radical (unpaired) electrons. The SMILES string of the molecule is NC(=O)C[C@H](N)C(=O)Oc1ccc([N+](=O)[O-])cc1.O=C(O)C(F)(F)F. The Hall–Kier alpha value is -3.22. The maximum Gasteiger partial charge on any atom is 0.490 e. The number of primary amides is 1. The maximum absolute atomic E-state index is 11.4. The van der Waals surface area contributed by atoms with Crippen LogP contribution in [-0.2, 0) is 14.4 Å². The molecule has 0 heterocycles. The summed E-state index contributed by atoms with van der Waals surface area (Å²) in [5, 5.41) is 17.5. The third kappa shape index (κ3) is 8.85. The highest BCUT2D eigenvalue weighted by Gasteiger charge is 2.38. The second-order valence-electron chi connectivity index (χ2n) is 4.25. The van der Waals surface area contributed by atoms with Crippen LogP contribution in [0.4, 0.5) is 18.9 Å². The van der Waals surface area contributed by atoms with E-state index in [1.807, 2.05) is 0 Å². The van der Waals surface area contributed by atoms with Gasteiger partial charge >= 0.3 is 18.1 Å². The number of carboxylic acid groups (broad SMARTS) is 1. The van der Waals surface area contributed by atoms with Gasteiger partial charge in [0, 0.05) is 12.1 Å². The Morgan fingerprint density at radius 3 is 2.00 bits per heavy atom. The first kappa shape index (κ1) is 21.8. The van der Waals surface area contributed by atoms with Gasteiger partial charge in [-0.25, -0.2) is 9.59 Å². The number of ether oxygens (including phenoxy) is 1. The average Bonchev–Trinajstić information content (AvgIpc) is 2.46. The number of hydrogen-bond acceptors (Lipinski definition) is 7. The van der Waals surface area contributed by atoms with Gasteiger partial charge in [0.2, 0.25) is 5.91 Å². The molecule has 1 aromatic carbocycles. The molecule has 1 amide bonds. The number of hydrogen-bond donors (Lipinski definition) is 3. The van der Waals surface area contributed by atoms with Crippen molar-refractivity contribution in [1.82, 2.24) is 0 Å². The molecule has 5 N–H and O–H groups in total. The van der Waals surface area contributed by atoms with E-state index < -0.39 is 35.0 Å². The Morgan fingerprint density at radius 2 is 1.68 bits per heavy atom. The number of nitrogens with zero attached hydrogens (tertiary/aromatic N) is 1. The minimum absolute atomic E-state index is 0.102. The van der Waals surface area contributed by atoms with Crippen molar-refractivity contribution < 1.29 is 42.3 Å². The Kier molecular flexibility index (Phi) is 7.99. The van der Waals surface area contributed by atoms with E-state index >= 15 is 0 Å². The zero-order valence-corrected chi connectivity index (χ0v) is 12.2. The molecule has 13 heteroatoms. The fraction of sp³-hybridized carbons (Fsp3) is 0.250. The molecule has 0 unspecified atom stereocenters. The second kappa shape index (κ2) is 9.17. The molecular formula is C12H12F3N3O7. The number of rotatable bonds is 5. The number of carbonyl (C=O) groups excluding carboxylic acids is 2. The van der Waals surface area contributed by atoms with Crippen LogP contribution in [0.3, 0.4) is 0 Å². The van der Waals surface area contributed by atoms with E-state index in [1.54, 1.807) is 0 Å². The molecule has 1 atom stereocenters. The molecule has 138 valence electrons. The third-order valence-corrected chi connectivity index (χ3v) is 2.23. The monoisotopic (exact) mass is 367 g/mol. The van der Waals surface area contributed by atoms with Crippen molar-refractivity contribution in [3.8, 4) is 5.75 Å². The van der Waals surface area contributed by atoms with Gasteiger partial charge in [0.25, 0.3) is 5.69 Å². The van der Waals surface area contributed by atoms with Crippen molar-refractivity contribution in [2.24, 2.45) is 11.5 Å². The molecule has 0 saturated carbocycles. The lowest BCUT2D eigenvalue weighted by Crippen LogP contribution is -2.37. The van der Waals surface area contributed by atoms with Gasteiger partial charge in [0.1, 0.15) is 11.8 Å². The minimum Gasteiger partial charge on any atom is -0.475 e. The van der Waals surface area contributed by atoms with Crippen LogP contribution >= 0.6 is 0 Å². The molecule has 0 fully saturated rings. The van der Waals surface area contributed by atoms with Crippen molar-refractivity contribution in [3.05, 3.63) is 34.4 Å². The van der Waals surface area contributed by atoms with Crippen molar-refractivity contribution in [1.29, 1.82) is 0 Å². The first-order valence-corrected chi connectivity index (χ1v) is 6.14. The molecule has 0 aliphatic heterocycles. The van der Waals surface area contributed by atoms with Gasteiger partial charge < -0.3 is 21.3 Å².